The number of benzene rings is 1. The van der Waals surface area contributed by atoms with Crippen molar-refractivity contribution in [2.75, 3.05) is 24.4 Å². The minimum atomic E-state index is -3.55. The van der Waals surface area contributed by atoms with Crippen LogP contribution in [0.4, 0.5) is 5.69 Å². The van der Waals surface area contributed by atoms with E-state index in [9.17, 15) is 8.42 Å². The molecule has 130 valence electrons. The van der Waals surface area contributed by atoms with Crippen molar-refractivity contribution in [2.24, 2.45) is 0 Å². The van der Waals surface area contributed by atoms with Crippen LogP contribution in [0, 0.1) is 0 Å². The molecular weight excluding hydrogens is 324 g/mol. The monoisotopic (exact) mass is 348 g/mol. The van der Waals surface area contributed by atoms with Crippen LogP contribution in [0.15, 0.2) is 48.1 Å². The summed E-state index contributed by atoms with van der Waals surface area (Å²) in [5.74, 6) is 0. The van der Waals surface area contributed by atoms with E-state index in [1.807, 2.05) is 30.3 Å². The Morgan fingerprint density at radius 3 is 2.58 bits per heavy atom. The molecule has 2 rings (SSSR count). The summed E-state index contributed by atoms with van der Waals surface area (Å²) in [6.07, 6.45) is 4.79. The van der Waals surface area contributed by atoms with Gasteiger partial charge in [0.15, 0.2) is 0 Å². The maximum absolute atomic E-state index is 12.1. The number of hydrogen-bond acceptors (Lipinski definition) is 4. The van der Waals surface area contributed by atoms with Gasteiger partial charge in [0.25, 0.3) is 10.0 Å². The van der Waals surface area contributed by atoms with Crippen LogP contribution in [-0.4, -0.2) is 42.7 Å². The van der Waals surface area contributed by atoms with Gasteiger partial charge in [-0.15, -0.1) is 0 Å². The van der Waals surface area contributed by atoms with Crippen molar-refractivity contribution in [3.05, 3.63) is 53.7 Å². The Morgan fingerprint density at radius 1 is 1.21 bits per heavy atom. The summed E-state index contributed by atoms with van der Waals surface area (Å²) in [6.45, 7) is 7.82. The summed E-state index contributed by atoms with van der Waals surface area (Å²) in [4.78, 5) is 2.29. The van der Waals surface area contributed by atoms with E-state index < -0.39 is 10.0 Å². The molecule has 0 radical (unpaired) electrons. The van der Waals surface area contributed by atoms with Crippen molar-refractivity contribution >= 4 is 21.8 Å². The van der Waals surface area contributed by atoms with Gasteiger partial charge in [-0.3, -0.25) is 9.40 Å². The van der Waals surface area contributed by atoms with Crippen molar-refractivity contribution in [1.29, 1.82) is 0 Å². The fourth-order valence-corrected chi connectivity index (χ4v) is 3.09. The van der Waals surface area contributed by atoms with Gasteiger partial charge in [-0.25, -0.2) is 8.42 Å². The Morgan fingerprint density at radius 2 is 1.92 bits per heavy atom. The first kappa shape index (κ1) is 18.2. The number of hydrogen-bond donors (Lipinski definition) is 1. The highest BCUT2D eigenvalue weighted by Crippen LogP contribution is 2.10. The smallest absolute Gasteiger partial charge is 0.255 e. The molecule has 0 aliphatic rings. The maximum atomic E-state index is 12.1. The third-order valence-corrected chi connectivity index (χ3v) is 4.69. The predicted octanol–water partition coefficient (Wildman–Crippen LogP) is 2.64. The minimum Gasteiger partial charge on any atom is -0.302 e. The van der Waals surface area contributed by atoms with Gasteiger partial charge in [-0.2, -0.15) is 5.10 Å². The van der Waals surface area contributed by atoms with Crippen LogP contribution in [0.5, 0.6) is 0 Å². The van der Waals surface area contributed by atoms with E-state index in [0.717, 1.165) is 37.2 Å². The lowest BCUT2D eigenvalue weighted by Crippen LogP contribution is -2.27. The summed E-state index contributed by atoms with van der Waals surface area (Å²) in [5.41, 5.74) is 1.30. The van der Waals surface area contributed by atoms with E-state index in [1.165, 1.54) is 6.20 Å². The molecule has 0 spiro atoms. The molecule has 0 fully saturated rings. The summed E-state index contributed by atoms with van der Waals surface area (Å²) < 4.78 is 28.5. The topological polar surface area (TPSA) is 67.2 Å². The highest BCUT2D eigenvalue weighted by Gasteiger charge is 2.08. The van der Waals surface area contributed by atoms with E-state index in [2.05, 4.69) is 28.6 Å². The second-order valence-electron chi connectivity index (χ2n) is 5.38. The number of nitrogens with one attached hydrogen (secondary N) is 1. The standard InChI is InChI=1S/C17H24N4O2S/c1-3-20(4-2)11-12-21-15-17(14-18-21)19-24(22,23)13-10-16-8-6-5-7-9-16/h5-10,13-15,19H,3-4,11-12H2,1-2H3/b13-10+. The van der Waals surface area contributed by atoms with Gasteiger partial charge in [0.05, 0.1) is 23.8 Å². The zero-order valence-corrected chi connectivity index (χ0v) is 14.9. The molecule has 0 aliphatic heterocycles. The Bertz CT molecular complexity index is 750. The van der Waals surface area contributed by atoms with Crippen molar-refractivity contribution in [3.63, 3.8) is 0 Å². The first-order valence-corrected chi connectivity index (χ1v) is 9.58. The fourth-order valence-electron chi connectivity index (χ4n) is 2.25. The highest BCUT2D eigenvalue weighted by molar-refractivity contribution is 7.95. The number of rotatable bonds is 9. The van der Waals surface area contributed by atoms with Crippen molar-refractivity contribution < 1.29 is 8.42 Å². The van der Waals surface area contributed by atoms with Crippen LogP contribution in [-0.2, 0) is 16.6 Å². The van der Waals surface area contributed by atoms with Gasteiger partial charge in [0.1, 0.15) is 0 Å². The summed E-state index contributed by atoms with van der Waals surface area (Å²) >= 11 is 0. The first-order valence-electron chi connectivity index (χ1n) is 8.03. The Hall–Kier alpha value is -2.12. The lowest BCUT2D eigenvalue weighted by Gasteiger charge is -2.17. The lowest BCUT2D eigenvalue weighted by molar-refractivity contribution is 0.285. The van der Waals surface area contributed by atoms with Crippen LogP contribution in [0.25, 0.3) is 6.08 Å². The molecule has 1 aromatic carbocycles. The third-order valence-electron chi connectivity index (χ3n) is 3.67. The molecule has 7 heteroatoms. The largest absolute Gasteiger partial charge is 0.302 e. The van der Waals surface area contributed by atoms with Gasteiger partial charge in [-0.1, -0.05) is 44.2 Å². The Kier molecular flexibility index (Phi) is 6.57. The second-order valence-corrected chi connectivity index (χ2v) is 6.95. The number of aromatic nitrogens is 2. The van der Waals surface area contributed by atoms with Crippen LogP contribution in [0.2, 0.25) is 0 Å². The number of sulfonamides is 1. The molecule has 1 N–H and O–H groups in total. The molecule has 0 atom stereocenters. The molecule has 2 aromatic rings. The predicted molar refractivity (Wildman–Crippen MR) is 98.0 cm³/mol. The van der Waals surface area contributed by atoms with Crippen molar-refractivity contribution in [2.45, 2.75) is 20.4 Å². The van der Waals surface area contributed by atoms with E-state index >= 15 is 0 Å². The number of likely N-dealkylation sites (N-methyl/N-ethyl adjacent to an activating group) is 1. The molecular formula is C17H24N4O2S. The highest BCUT2D eigenvalue weighted by atomic mass is 32.2. The summed E-state index contributed by atoms with van der Waals surface area (Å²) in [5, 5.41) is 5.36. The lowest BCUT2D eigenvalue weighted by atomic mass is 10.2. The minimum absolute atomic E-state index is 0.465. The molecule has 6 nitrogen and oxygen atoms in total. The van der Waals surface area contributed by atoms with Crippen LogP contribution in [0.3, 0.4) is 0 Å². The van der Waals surface area contributed by atoms with Crippen molar-refractivity contribution in [3.8, 4) is 0 Å². The average Bonchev–Trinajstić information content (AvgIpc) is 3.02. The fraction of sp³-hybridized carbons (Fsp3) is 0.353. The maximum Gasteiger partial charge on any atom is 0.255 e. The van der Waals surface area contributed by atoms with Crippen LogP contribution >= 0.6 is 0 Å². The molecule has 0 saturated carbocycles. The van der Waals surface area contributed by atoms with Gasteiger partial charge in [-0.05, 0) is 24.7 Å². The van der Waals surface area contributed by atoms with E-state index in [-0.39, 0.29) is 0 Å². The molecule has 0 aliphatic carbocycles. The molecule has 0 saturated heterocycles. The molecule has 1 heterocycles. The number of nitrogens with zero attached hydrogens (tertiary/aromatic N) is 3. The zero-order valence-electron chi connectivity index (χ0n) is 14.1. The Labute approximate surface area is 143 Å². The second kappa shape index (κ2) is 8.65. The van der Waals surface area contributed by atoms with Gasteiger partial charge in [0, 0.05) is 12.7 Å². The van der Waals surface area contributed by atoms with Gasteiger partial charge < -0.3 is 4.90 Å². The number of anilines is 1. The van der Waals surface area contributed by atoms with Crippen molar-refractivity contribution in [1.82, 2.24) is 14.7 Å². The molecule has 0 amide bonds. The van der Waals surface area contributed by atoms with E-state index in [1.54, 1.807) is 17.0 Å². The van der Waals surface area contributed by atoms with E-state index in [4.69, 9.17) is 0 Å². The van der Waals surface area contributed by atoms with E-state index in [0.29, 0.717) is 5.69 Å². The van der Waals surface area contributed by atoms with Gasteiger partial charge >= 0.3 is 0 Å². The molecule has 0 unspecified atom stereocenters. The summed E-state index contributed by atoms with van der Waals surface area (Å²) in [7, 11) is -3.55. The SMILES string of the molecule is CCN(CC)CCn1cc(NS(=O)(=O)/C=C/c2ccccc2)cn1. The molecule has 0 bridgehead atoms. The Balaban J connectivity index is 1.94. The quantitative estimate of drug-likeness (QED) is 0.756. The normalized spacial score (nSPS) is 12.1. The third kappa shape index (κ3) is 5.82. The van der Waals surface area contributed by atoms with Crippen LogP contribution in [0.1, 0.15) is 19.4 Å². The first-order chi connectivity index (χ1) is 11.5. The molecule has 1 aromatic heterocycles. The molecule has 24 heavy (non-hydrogen) atoms. The summed E-state index contributed by atoms with van der Waals surface area (Å²) in [6, 6.07) is 9.30. The van der Waals surface area contributed by atoms with Crippen LogP contribution < -0.4 is 4.72 Å². The average molecular weight is 348 g/mol. The van der Waals surface area contributed by atoms with Gasteiger partial charge in [0.2, 0.25) is 0 Å². The zero-order chi connectivity index (χ0) is 17.4.